The van der Waals surface area contributed by atoms with E-state index in [4.69, 9.17) is 5.11 Å². The third-order valence-corrected chi connectivity index (χ3v) is 5.56. The van der Waals surface area contributed by atoms with E-state index < -0.39 is 0 Å². The Bertz CT molecular complexity index is 866. The van der Waals surface area contributed by atoms with Gasteiger partial charge in [0.1, 0.15) is 0 Å². The van der Waals surface area contributed by atoms with Gasteiger partial charge in [-0.25, -0.2) is 4.98 Å². The Kier molecular flexibility index (Phi) is 4.52. The summed E-state index contributed by atoms with van der Waals surface area (Å²) in [5.74, 6) is 0.0708. The third-order valence-electron chi connectivity index (χ3n) is 4.53. The highest BCUT2D eigenvalue weighted by molar-refractivity contribution is 7.20. The van der Waals surface area contributed by atoms with Gasteiger partial charge in [-0.15, -0.1) is 0 Å². The number of aromatic nitrogens is 2. The van der Waals surface area contributed by atoms with Crippen molar-refractivity contribution in [2.24, 2.45) is 0 Å². The molecule has 3 aromatic rings. The second kappa shape index (κ2) is 6.95. The Morgan fingerprint density at radius 1 is 1.16 bits per heavy atom. The van der Waals surface area contributed by atoms with Crippen LogP contribution >= 0.6 is 11.3 Å². The molecule has 4 rings (SSSR count). The summed E-state index contributed by atoms with van der Waals surface area (Å²) in [6.07, 6.45) is 3.94. The number of aliphatic hydroxyl groups is 1. The first-order valence-corrected chi connectivity index (χ1v) is 9.23. The maximum Gasteiger partial charge on any atom is 0.253 e. The molecule has 0 spiro atoms. The first kappa shape index (κ1) is 16.3. The van der Waals surface area contributed by atoms with Crippen LogP contribution in [0.1, 0.15) is 10.4 Å². The Hall–Kier alpha value is -2.22. The van der Waals surface area contributed by atoms with Crippen LogP contribution in [0.2, 0.25) is 0 Å². The topological polar surface area (TPSA) is 61.6 Å². The van der Waals surface area contributed by atoms with E-state index in [0.29, 0.717) is 25.2 Å². The van der Waals surface area contributed by atoms with Crippen molar-refractivity contribution in [3.05, 3.63) is 48.3 Å². The fourth-order valence-corrected chi connectivity index (χ4v) is 4.09. The molecule has 1 aromatic carbocycles. The highest BCUT2D eigenvalue weighted by Crippen LogP contribution is 2.26. The number of rotatable bonds is 4. The van der Waals surface area contributed by atoms with Gasteiger partial charge in [-0.05, 0) is 30.3 Å². The smallest absolute Gasteiger partial charge is 0.253 e. The van der Waals surface area contributed by atoms with Crippen LogP contribution in [-0.4, -0.2) is 69.7 Å². The molecule has 1 aliphatic rings. The average Bonchev–Trinajstić information content (AvgIpc) is 3.30. The minimum atomic E-state index is 0.0708. The van der Waals surface area contributed by atoms with Crippen molar-refractivity contribution in [3.63, 3.8) is 0 Å². The fraction of sp³-hybridized carbons (Fsp3) is 0.333. The Morgan fingerprint density at radius 3 is 2.64 bits per heavy atom. The lowest BCUT2D eigenvalue weighted by molar-refractivity contribution is 0.0615. The summed E-state index contributed by atoms with van der Waals surface area (Å²) < 4.78 is 3.00. The molecule has 1 aliphatic heterocycles. The van der Waals surface area contributed by atoms with E-state index in [2.05, 4.69) is 9.88 Å². The average molecular weight is 356 g/mol. The summed E-state index contributed by atoms with van der Waals surface area (Å²) in [6, 6.07) is 9.68. The standard InChI is InChI=1S/C18H20N4O2S/c23-12-11-20-7-9-21(10-8-20)17(24)14-3-4-15-16(13-14)25-18(19-15)22-5-1-2-6-22/h1-6,13,23H,7-12H2. The molecule has 1 saturated heterocycles. The second-order valence-corrected chi connectivity index (χ2v) is 7.14. The van der Waals surface area contributed by atoms with Crippen LogP contribution in [0.3, 0.4) is 0 Å². The van der Waals surface area contributed by atoms with Crippen LogP contribution in [0.5, 0.6) is 0 Å². The summed E-state index contributed by atoms with van der Waals surface area (Å²) in [7, 11) is 0. The normalized spacial score (nSPS) is 15.8. The maximum absolute atomic E-state index is 12.8. The summed E-state index contributed by atoms with van der Waals surface area (Å²) >= 11 is 1.59. The molecule has 0 bridgehead atoms. The van der Waals surface area contributed by atoms with Gasteiger partial charge in [-0.3, -0.25) is 9.69 Å². The van der Waals surface area contributed by atoms with Crippen molar-refractivity contribution in [3.8, 4) is 5.13 Å². The lowest BCUT2D eigenvalue weighted by Gasteiger charge is -2.34. The molecule has 6 nitrogen and oxygen atoms in total. The third kappa shape index (κ3) is 3.30. The first-order valence-electron chi connectivity index (χ1n) is 8.41. The van der Waals surface area contributed by atoms with E-state index >= 15 is 0 Å². The van der Waals surface area contributed by atoms with Crippen molar-refractivity contribution in [2.75, 3.05) is 39.3 Å². The van der Waals surface area contributed by atoms with E-state index in [1.807, 2.05) is 52.2 Å². The molecule has 0 saturated carbocycles. The zero-order chi connectivity index (χ0) is 17.2. The summed E-state index contributed by atoms with van der Waals surface area (Å²) in [4.78, 5) is 21.5. The molecule has 130 valence electrons. The number of amides is 1. The van der Waals surface area contributed by atoms with Crippen LogP contribution in [0.15, 0.2) is 42.7 Å². The van der Waals surface area contributed by atoms with Gasteiger partial charge >= 0.3 is 0 Å². The van der Waals surface area contributed by atoms with Crippen LogP contribution in [0, 0.1) is 0 Å². The molecule has 0 radical (unpaired) electrons. The Labute approximate surface area is 149 Å². The molecule has 25 heavy (non-hydrogen) atoms. The van der Waals surface area contributed by atoms with E-state index in [0.717, 1.165) is 28.4 Å². The molecule has 0 unspecified atom stereocenters. The predicted molar refractivity (Wildman–Crippen MR) is 98.4 cm³/mol. The highest BCUT2D eigenvalue weighted by Gasteiger charge is 2.22. The zero-order valence-electron chi connectivity index (χ0n) is 13.8. The van der Waals surface area contributed by atoms with Gasteiger partial charge in [-0.1, -0.05) is 11.3 Å². The van der Waals surface area contributed by atoms with Gasteiger partial charge < -0.3 is 14.6 Å². The molecule has 0 atom stereocenters. The fourth-order valence-electron chi connectivity index (χ4n) is 3.12. The SMILES string of the molecule is O=C(c1ccc2nc(-n3cccc3)sc2c1)N1CCN(CCO)CC1. The van der Waals surface area contributed by atoms with Crippen molar-refractivity contribution in [1.29, 1.82) is 0 Å². The minimum Gasteiger partial charge on any atom is -0.395 e. The van der Waals surface area contributed by atoms with Crippen LogP contribution in [0.4, 0.5) is 0 Å². The van der Waals surface area contributed by atoms with Crippen molar-refractivity contribution >= 4 is 27.5 Å². The molecule has 1 amide bonds. The number of piperazine rings is 1. The number of β-amino-alcohol motifs (C(OH)–C–C–N with tert-alkyl or cyclic N) is 1. The zero-order valence-corrected chi connectivity index (χ0v) is 14.7. The van der Waals surface area contributed by atoms with Crippen molar-refractivity contribution in [2.45, 2.75) is 0 Å². The van der Waals surface area contributed by atoms with Crippen molar-refractivity contribution < 1.29 is 9.90 Å². The number of benzene rings is 1. The first-order chi connectivity index (χ1) is 12.2. The van der Waals surface area contributed by atoms with Crippen molar-refractivity contribution in [1.82, 2.24) is 19.4 Å². The molecule has 1 fully saturated rings. The summed E-state index contributed by atoms with van der Waals surface area (Å²) in [5.41, 5.74) is 1.63. The largest absolute Gasteiger partial charge is 0.395 e. The number of nitrogens with zero attached hydrogens (tertiary/aromatic N) is 4. The molecule has 1 N–H and O–H groups in total. The number of carbonyl (C=O) groups excluding carboxylic acids is 1. The number of carbonyl (C=O) groups is 1. The van der Waals surface area contributed by atoms with Crippen LogP contribution in [-0.2, 0) is 0 Å². The summed E-state index contributed by atoms with van der Waals surface area (Å²) in [6.45, 7) is 3.87. The van der Waals surface area contributed by atoms with Crippen LogP contribution < -0.4 is 0 Å². The Morgan fingerprint density at radius 2 is 1.92 bits per heavy atom. The van der Waals surface area contributed by atoms with Gasteiger partial charge in [0.2, 0.25) is 0 Å². The highest BCUT2D eigenvalue weighted by atomic mass is 32.1. The lowest BCUT2D eigenvalue weighted by Crippen LogP contribution is -2.49. The predicted octanol–water partition coefficient (Wildman–Crippen LogP) is 1.84. The number of thiazole rings is 1. The molecular formula is C18H20N4O2S. The van der Waals surface area contributed by atoms with E-state index in [1.165, 1.54) is 0 Å². The number of hydrogen-bond acceptors (Lipinski definition) is 5. The van der Waals surface area contributed by atoms with E-state index in [1.54, 1.807) is 11.3 Å². The quantitative estimate of drug-likeness (QED) is 0.775. The molecular weight excluding hydrogens is 336 g/mol. The number of aliphatic hydroxyl groups excluding tert-OH is 1. The number of hydrogen-bond donors (Lipinski definition) is 1. The monoisotopic (exact) mass is 356 g/mol. The number of fused-ring (bicyclic) bond motifs is 1. The van der Waals surface area contributed by atoms with Gasteiger partial charge in [0.15, 0.2) is 5.13 Å². The van der Waals surface area contributed by atoms with Crippen LogP contribution in [0.25, 0.3) is 15.3 Å². The van der Waals surface area contributed by atoms with E-state index in [-0.39, 0.29) is 12.5 Å². The molecule has 2 aromatic heterocycles. The molecule has 7 heteroatoms. The molecule has 0 aliphatic carbocycles. The maximum atomic E-state index is 12.8. The lowest BCUT2D eigenvalue weighted by atomic mass is 10.1. The molecule has 3 heterocycles. The van der Waals surface area contributed by atoms with Gasteiger partial charge in [0, 0.05) is 50.7 Å². The van der Waals surface area contributed by atoms with Gasteiger partial charge in [-0.2, -0.15) is 0 Å². The summed E-state index contributed by atoms with van der Waals surface area (Å²) in [5, 5.41) is 9.92. The van der Waals surface area contributed by atoms with Gasteiger partial charge in [0.05, 0.1) is 16.8 Å². The Balaban J connectivity index is 1.52. The van der Waals surface area contributed by atoms with Gasteiger partial charge in [0.25, 0.3) is 5.91 Å². The minimum absolute atomic E-state index is 0.0708. The van der Waals surface area contributed by atoms with E-state index in [9.17, 15) is 4.79 Å². The second-order valence-electron chi connectivity index (χ2n) is 6.13.